The van der Waals surface area contributed by atoms with Crippen LogP contribution in [0.15, 0.2) is 18.3 Å². The molecule has 1 saturated heterocycles. The second-order valence-corrected chi connectivity index (χ2v) is 5.00. The van der Waals surface area contributed by atoms with Crippen LogP contribution in [0.5, 0.6) is 0 Å². The van der Waals surface area contributed by atoms with Crippen molar-refractivity contribution < 1.29 is 18.0 Å². The van der Waals surface area contributed by atoms with E-state index in [0.717, 1.165) is 12.3 Å². The van der Waals surface area contributed by atoms with Crippen LogP contribution < -0.4 is 10.2 Å². The molecule has 0 bridgehead atoms. The number of nitrogens with one attached hydrogen (secondary N) is 1. The first-order valence-electron chi connectivity index (χ1n) is 5.52. The second-order valence-electron chi connectivity index (χ2n) is 4.00. The van der Waals surface area contributed by atoms with E-state index in [-0.39, 0.29) is 11.9 Å². The third kappa shape index (κ3) is 2.94. The molecule has 1 aromatic rings. The Morgan fingerprint density at radius 1 is 1.53 bits per heavy atom. The first-order chi connectivity index (χ1) is 8.93. The summed E-state index contributed by atoms with van der Waals surface area (Å²) in [6.07, 6.45) is -3.61. The Bertz CT molecular complexity index is 463. The lowest BCUT2D eigenvalue weighted by atomic mass is 10.2. The second kappa shape index (κ2) is 5.28. The maximum atomic E-state index is 12.4. The minimum Gasteiger partial charge on any atom is -0.357 e. The summed E-state index contributed by atoms with van der Waals surface area (Å²) >= 11 is 1.54. The van der Waals surface area contributed by atoms with Crippen molar-refractivity contribution in [2.24, 2.45) is 0 Å². The van der Waals surface area contributed by atoms with Crippen LogP contribution in [0.4, 0.5) is 19.0 Å². The molecule has 1 amide bonds. The summed E-state index contributed by atoms with van der Waals surface area (Å²) in [6.45, 7) is 0. The number of alkyl halides is 3. The highest BCUT2D eigenvalue weighted by Crippen LogP contribution is 2.31. The molecule has 2 rings (SSSR count). The Hall–Kier alpha value is -1.44. The average Bonchev–Trinajstić information content (AvgIpc) is 2.86. The Labute approximate surface area is 112 Å². The fourth-order valence-electron chi connectivity index (χ4n) is 1.78. The molecule has 1 aromatic heterocycles. The van der Waals surface area contributed by atoms with Crippen LogP contribution in [0.3, 0.4) is 0 Å². The highest BCUT2D eigenvalue weighted by molar-refractivity contribution is 7.99. The molecule has 8 heteroatoms. The lowest BCUT2D eigenvalue weighted by Crippen LogP contribution is -2.43. The molecule has 1 aliphatic heterocycles. The van der Waals surface area contributed by atoms with Crippen LogP contribution in [-0.2, 0) is 11.0 Å². The minimum atomic E-state index is -4.40. The maximum absolute atomic E-state index is 12.4. The smallest absolute Gasteiger partial charge is 0.357 e. The Balaban J connectivity index is 2.20. The van der Waals surface area contributed by atoms with Gasteiger partial charge < -0.3 is 10.2 Å². The average molecular weight is 291 g/mol. The predicted octanol–water partition coefficient (Wildman–Crippen LogP) is 1.73. The van der Waals surface area contributed by atoms with Gasteiger partial charge in [-0.3, -0.25) is 4.79 Å². The molecule has 1 aliphatic rings. The topological polar surface area (TPSA) is 45.2 Å². The molecule has 1 fully saturated rings. The van der Waals surface area contributed by atoms with Crippen LogP contribution in [0.1, 0.15) is 5.56 Å². The highest BCUT2D eigenvalue weighted by Gasteiger charge is 2.33. The number of carbonyl (C=O) groups excluding carboxylic acids is 1. The highest BCUT2D eigenvalue weighted by atomic mass is 32.2. The fourth-order valence-corrected chi connectivity index (χ4v) is 2.94. The van der Waals surface area contributed by atoms with Crippen LogP contribution in [0, 0.1) is 0 Å². The molecule has 1 atom stereocenters. The SMILES string of the molecule is CNC(=O)[C@@H]1CSCN1c1ccc(C(F)(F)F)cn1. The van der Waals surface area contributed by atoms with Gasteiger partial charge in [-0.25, -0.2) is 4.98 Å². The van der Waals surface area contributed by atoms with Gasteiger partial charge in [-0.1, -0.05) is 0 Å². The normalized spacial score (nSPS) is 19.6. The molecule has 2 heterocycles. The zero-order valence-electron chi connectivity index (χ0n) is 10.1. The first kappa shape index (κ1) is 14.0. The van der Waals surface area contributed by atoms with E-state index in [0.29, 0.717) is 17.4 Å². The monoisotopic (exact) mass is 291 g/mol. The summed E-state index contributed by atoms with van der Waals surface area (Å²) in [6, 6.07) is 1.89. The molecule has 104 valence electrons. The molecule has 0 saturated carbocycles. The van der Waals surface area contributed by atoms with E-state index < -0.39 is 11.7 Å². The van der Waals surface area contributed by atoms with Gasteiger partial charge in [-0.2, -0.15) is 13.2 Å². The van der Waals surface area contributed by atoms with Crippen LogP contribution >= 0.6 is 11.8 Å². The lowest BCUT2D eigenvalue weighted by Gasteiger charge is -2.23. The zero-order valence-corrected chi connectivity index (χ0v) is 10.9. The molecule has 4 nitrogen and oxygen atoms in total. The van der Waals surface area contributed by atoms with E-state index in [1.165, 1.54) is 13.1 Å². The van der Waals surface area contributed by atoms with Crippen molar-refractivity contribution in [2.45, 2.75) is 12.2 Å². The third-order valence-corrected chi connectivity index (χ3v) is 3.81. The summed E-state index contributed by atoms with van der Waals surface area (Å²) in [5, 5.41) is 2.54. The van der Waals surface area contributed by atoms with E-state index >= 15 is 0 Å². The summed E-state index contributed by atoms with van der Waals surface area (Å²) in [5.41, 5.74) is -0.792. The molecular formula is C11H12F3N3OS. The zero-order chi connectivity index (χ0) is 14.0. The number of thioether (sulfide) groups is 1. The lowest BCUT2D eigenvalue weighted by molar-refractivity contribution is -0.137. The number of likely N-dealkylation sites (N-methyl/N-ethyl adjacent to an activating group) is 1. The summed E-state index contributed by atoms with van der Waals surface area (Å²) in [7, 11) is 1.53. The van der Waals surface area contributed by atoms with Crippen LogP contribution in [0.2, 0.25) is 0 Å². The van der Waals surface area contributed by atoms with Gasteiger partial charge >= 0.3 is 6.18 Å². The number of hydrogen-bond acceptors (Lipinski definition) is 4. The van der Waals surface area contributed by atoms with Gasteiger partial charge in [0.2, 0.25) is 5.91 Å². The molecule has 0 unspecified atom stereocenters. The van der Waals surface area contributed by atoms with Gasteiger partial charge in [0.15, 0.2) is 0 Å². The fraction of sp³-hybridized carbons (Fsp3) is 0.455. The summed E-state index contributed by atoms with van der Waals surface area (Å²) in [5.74, 6) is 1.36. The molecular weight excluding hydrogens is 279 g/mol. The van der Waals surface area contributed by atoms with Crippen molar-refractivity contribution in [3.8, 4) is 0 Å². The number of rotatable bonds is 2. The number of nitrogens with zero attached hydrogens (tertiary/aromatic N) is 2. The van der Waals surface area contributed by atoms with E-state index in [2.05, 4.69) is 10.3 Å². The Morgan fingerprint density at radius 2 is 2.26 bits per heavy atom. The van der Waals surface area contributed by atoms with Crippen molar-refractivity contribution in [1.29, 1.82) is 0 Å². The molecule has 0 aromatic carbocycles. The largest absolute Gasteiger partial charge is 0.417 e. The van der Waals surface area contributed by atoms with E-state index in [1.807, 2.05) is 0 Å². The van der Waals surface area contributed by atoms with Crippen molar-refractivity contribution in [2.75, 3.05) is 23.6 Å². The Morgan fingerprint density at radius 3 is 2.79 bits per heavy atom. The predicted molar refractivity (Wildman–Crippen MR) is 66.9 cm³/mol. The summed E-state index contributed by atoms with van der Waals surface area (Å²) < 4.78 is 37.3. The van der Waals surface area contributed by atoms with E-state index in [4.69, 9.17) is 0 Å². The number of pyridine rings is 1. The molecule has 0 spiro atoms. The Kier molecular flexibility index (Phi) is 3.88. The number of amides is 1. The van der Waals surface area contributed by atoms with Crippen molar-refractivity contribution in [1.82, 2.24) is 10.3 Å². The third-order valence-electron chi connectivity index (χ3n) is 2.80. The molecule has 0 aliphatic carbocycles. The number of aromatic nitrogens is 1. The molecule has 1 N–H and O–H groups in total. The van der Waals surface area contributed by atoms with Crippen LogP contribution in [-0.4, -0.2) is 35.6 Å². The van der Waals surface area contributed by atoms with Gasteiger partial charge in [0.25, 0.3) is 0 Å². The van der Waals surface area contributed by atoms with Crippen molar-refractivity contribution in [3.05, 3.63) is 23.9 Å². The van der Waals surface area contributed by atoms with Gasteiger partial charge in [0.1, 0.15) is 11.9 Å². The number of anilines is 1. The quantitative estimate of drug-likeness (QED) is 0.901. The van der Waals surface area contributed by atoms with Gasteiger partial charge in [0, 0.05) is 19.0 Å². The summed E-state index contributed by atoms with van der Waals surface area (Å²) in [4.78, 5) is 17.2. The van der Waals surface area contributed by atoms with Crippen LogP contribution in [0.25, 0.3) is 0 Å². The standard InChI is InChI=1S/C11H12F3N3OS/c1-15-10(18)8-5-19-6-17(8)9-3-2-7(4-16-9)11(12,13)14/h2-4,8H,5-6H2,1H3,(H,15,18)/t8-/m0/s1. The number of halogens is 3. The van der Waals surface area contributed by atoms with E-state index in [1.54, 1.807) is 16.7 Å². The van der Waals surface area contributed by atoms with Gasteiger partial charge in [0.05, 0.1) is 11.4 Å². The molecule has 19 heavy (non-hydrogen) atoms. The first-order valence-corrected chi connectivity index (χ1v) is 6.68. The van der Waals surface area contributed by atoms with Gasteiger partial charge in [-0.05, 0) is 12.1 Å². The van der Waals surface area contributed by atoms with Crippen molar-refractivity contribution in [3.63, 3.8) is 0 Å². The number of carbonyl (C=O) groups is 1. The van der Waals surface area contributed by atoms with Gasteiger partial charge in [-0.15, -0.1) is 11.8 Å². The number of hydrogen-bond donors (Lipinski definition) is 1. The molecule has 0 radical (unpaired) electrons. The maximum Gasteiger partial charge on any atom is 0.417 e. The minimum absolute atomic E-state index is 0.160. The van der Waals surface area contributed by atoms with Crippen molar-refractivity contribution >= 4 is 23.5 Å². The van der Waals surface area contributed by atoms with E-state index in [9.17, 15) is 18.0 Å².